The third kappa shape index (κ3) is 2.92. The van der Waals surface area contributed by atoms with Gasteiger partial charge in [0.1, 0.15) is 0 Å². The summed E-state index contributed by atoms with van der Waals surface area (Å²) in [6, 6.07) is 11.2. The Morgan fingerprint density at radius 2 is 2.18 bits per heavy atom. The van der Waals surface area contributed by atoms with Gasteiger partial charge >= 0.3 is 5.69 Å². The van der Waals surface area contributed by atoms with Crippen molar-refractivity contribution in [3.63, 3.8) is 0 Å². The summed E-state index contributed by atoms with van der Waals surface area (Å²) in [5, 5.41) is 8.34. The van der Waals surface area contributed by atoms with Gasteiger partial charge in [0.2, 0.25) is 5.82 Å². The number of carbonyl (C=O) groups is 1. The predicted octanol–water partition coefficient (Wildman–Crippen LogP) is 2.55. The Hall–Kier alpha value is -3.55. The molecule has 0 radical (unpaired) electrons. The first-order valence-electron chi connectivity index (χ1n) is 9.29. The number of H-pyrrole nitrogens is 1. The Labute approximate surface area is 159 Å². The Kier molecular flexibility index (Phi) is 3.89. The zero-order chi connectivity index (χ0) is 19.1. The van der Waals surface area contributed by atoms with Crippen molar-refractivity contribution >= 4 is 16.8 Å². The molecular formula is C20H19N5O3. The smallest absolute Gasteiger partial charge is 0.346 e. The Morgan fingerprint density at radius 1 is 1.29 bits per heavy atom. The summed E-state index contributed by atoms with van der Waals surface area (Å²) in [6.07, 6.45) is 5.34. The summed E-state index contributed by atoms with van der Waals surface area (Å²) >= 11 is 0. The summed E-state index contributed by atoms with van der Waals surface area (Å²) in [5.41, 5.74) is 1.31. The van der Waals surface area contributed by atoms with Gasteiger partial charge in [-0.3, -0.25) is 9.36 Å². The van der Waals surface area contributed by atoms with Gasteiger partial charge in [-0.05, 0) is 48.6 Å². The molecule has 1 aliphatic rings. The molecule has 1 saturated carbocycles. The van der Waals surface area contributed by atoms with Crippen molar-refractivity contribution in [3.8, 4) is 11.6 Å². The SMILES string of the molecule is O=C(NCCn1nc(-c2ccco2)n(C2CC2)c1=O)c1ccc2cc[nH]c2c1. The van der Waals surface area contributed by atoms with Crippen molar-refractivity contribution in [3.05, 3.63) is 64.9 Å². The van der Waals surface area contributed by atoms with Crippen LogP contribution in [0.3, 0.4) is 0 Å². The zero-order valence-corrected chi connectivity index (χ0v) is 15.1. The van der Waals surface area contributed by atoms with Crippen LogP contribution in [-0.2, 0) is 6.54 Å². The number of aromatic amines is 1. The average molecular weight is 377 g/mol. The monoisotopic (exact) mass is 377 g/mol. The second-order valence-corrected chi connectivity index (χ2v) is 6.94. The van der Waals surface area contributed by atoms with E-state index in [9.17, 15) is 9.59 Å². The van der Waals surface area contributed by atoms with Crippen LogP contribution in [0.15, 0.2) is 58.1 Å². The van der Waals surface area contributed by atoms with Crippen LogP contribution in [0.5, 0.6) is 0 Å². The summed E-state index contributed by atoms with van der Waals surface area (Å²) in [4.78, 5) is 28.2. The highest BCUT2D eigenvalue weighted by atomic mass is 16.3. The molecular weight excluding hydrogens is 358 g/mol. The Balaban J connectivity index is 1.31. The van der Waals surface area contributed by atoms with E-state index in [0.717, 1.165) is 23.7 Å². The third-order valence-electron chi connectivity index (χ3n) is 4.95. The third-order valence-corrected chi connectivity index (χ3v) is 4.95. The molecule has 4 aromatic rings. The molecule has 0 bridgehead atoms. The predicted molar refractivity (Wildman–Crippen MR) is 103 cm³/mol. The van der Waals surface area contributed by atoms with Crippen LogP contribution in [0.2, 0.25) is 0 Å². The second-order valence-electron chi connectivity index (χ2n) is 6.94. The van der Waals surface area contributed by atoms with Crippen LogP contribution < -0.4 is 11.0 Å². The number of hydrogen-bond acceptors (Lipinski definition) is 4. The molecule has 2 N–H and O–H groups in total. The number of furan rings is 1. The topological polar surface area (TPSA) is 97.8 Å². The minimum absolute atomic E-state index is 0.170. The van der Waals surface area contributed by atoms with Crippen LogP contribution in [0, 0.1) is 0 Å². The van der Waals surface area contributed by atoms with Gasteiger partial charge in [0.05, 0.1) is 12.8 Å². The normalized spacial score (nSPS) is 13.9. The number of benzene rings is 1. The van der Waals surface area contributed by atoms with E-state index in [-0.39, 0.29) is 17.6 Å². The van der Waals surface area contributed by atoms with Crippen molar-refractivity contribution in [2.75, 3.05) is 6.54 Å². The highest BCUT2D eigenvalue weighted by Crippen LogP contribution is 2.36. The lowest BCUT2D eigenvalue weighted by atomic mass is 10.1. The van der Waals surface area contributed by atoms with E-state index < -0.39 is 0 Å². The number of carbonyl (C=O) groups excluding carboxylic acids is 1. The summed E-state index contributed by atoms with van der Waals surface area (Å²) in [6.45, 7) is 0.601. The highest BCUT2D eigenvalue weighted by molar-refractivity contribution is 5.97. The largest absolute Gasteiger partial charge is 0.461 e. The molecule has 0 unspecified atom stereocenters. The molecule has 1 aliphatic carbocycles. The number of nitrogens with one attached hydrogen (secondary N) is 2. The van der Waals surface area contributed by atoms with E-state index in [1.807, 2.05) is 24.4 Å². The first kappa shape index (κ1) is 16.6. The molecule has 1 fully saturated rings. The molecule has 0 aliphatic heterocycles. The molecule has 8 nitrogen and oxygen atoms in total. The molecule has 142 valence electrons. The number of fused-ring (bicyclic) bond motifs is 1. The molecule has 8 heteroatoms. The average Bonchev–Trinajstić information content (AvgIpc) is 3.11. The maximum atomic E-state index is 12.7. The van der Waals surface area contributed by atoms with Gasteiger partial charge in [-0.2, -0.15) is 0 Å². The quantitative estimate of drug-likeness (QED) is 0.539. The summed E-state index contributed by atoms with van der Waals surface area (Å²) in [5.74, 6) is 0.935. The minimum Gasteiger partial charge on any atom is -0.461 e. The van der Waals surface area contributed by atoms with E-state index in [2.05, 4.69) is 15.4 Å². The number of amides is 1. The number of nitrogens with zero attached hydrogens (tertiary/aromatic N) is 3. The van der Waals surface area contributed by atoms with Crippen molar-refractivity contribution in [1.82, 2.24) is 24.6 Å². The van der Waals surface area contributed by atoms with E-state index in [1.54, 1.807) is 29.0 Å². The molecule has 1 amide bonds. The van der Waals surface area contributed by atoms with E-state index in [0.29, 0.717) is 30.2 Å². The maximum absolute atomic E-state index is 12.7. The van der Waals surface area contributed by atoms with Crippen LogP contribution in [-0.4, -0.2) is 31.8 Å². The van der Waals surface area contributed by atoms with Gasteiger partial charge in [-0.1, -0.05) is 6.07 Å². The number of aromatic nitrogens is 4. The van der Waals surface area contributed by atoms with Crippen molar-refractivity contribution in [2.24, 2.45) is 0 Å². The van der Waals surface area contributed by atoms with Gasteiger partial charge in [0.15, 0.2) is 5.76 Å². The number of rotatable bonds is 6. The molecule has 0 spiro atoms. The molecule has 0 atom stereocenters. The van der Waals surface area contributed by atoms with E-state index >= 15 is 0 Å². The van der Waals surface area contributed by atoms with Crippen molar-refractivity contribution in [2.45, 2.75) is 25.4 Å². The maximum Gasteiger partial charge on any atom is 0.346 e. The lowest BCUT2D eigenvalue weighted by Crippen LogP contribution is -2.32. The first-order valence-corrected chi connectivity index (χ1v) is 9.29. The Morgan fingerprint density at radius 3 is 2.96 bits per heavy atom. The Bertz CT molecular complexity index is 1190. The molecule has 3 aromatic heterocycles. The minimum atomic E-state index is -0.183. The lowest BCUT2D eigenvalue weighted by Gasteiger charge is -2.05. The molecule has 0 saturated heterocycles. The van der Waals surface area contributed by atoms with Gasteiger partial charge in [0, 0.05) is 29.9 Å². The molecule has 1 aromatic carbocycles. The second kappa shape index (κ2) is 6.56. The molecule has 28 heavy (non-hydrogen) atoms. The standard InChI is InChI=1S/C20H19N5O3/c26-19(14-4-3-13-7-8-21-16(13)12-14)22-9-10-24-20(27)25(15-5-6-15)18(23-24)17-2-1-11-28-17/h1-4,7-8,11-12,15,21H,5-6,9-10H2,(H,22,26). The number of hydrogen-bond donors (Lipinski definition) is 2. The van der Waals surface area contributed by atoms with Crippen LogP contribution >= 0.6 is 0 Å². The van der Waals surface area contributed by atoms with Gasteiger partial charge in [-0.25, -0.2) is 9.48 Å². The lowest BCUT2D eigenvalue weighted by molar-refractivity contribution is 0.0952. The zero-order valence-electron chi connectivity index (χ0n) is 15.1. The van der Waals surface area contributed by atoms with Crippen LogP contribution in [0.1, 0.15) is 29.2 Å². The fourth-order valence-corrected chi connectivity index (χ4v) is 3.37. The summed E-state index contributed by atoms with van der Waals surface area (Å²) in [7, 11) is 0. The van der Waals surface area contributed by atoms with Crippen LogP contribution in [0.4, 0.5) is 0 Å². The van der Waals surface area contributed by atoms with E-state index in [1.165, 1.54) is 4.68 Å². The highest BCUT2D eigenvalue weighted by Gasteiger charge is 2.31. The van der Waals surface area contributed by atoms with Gasteiger partial charge < -0.3 is 14.7 Å². The fraction of sp³-hybridized carbons (Fsp3) is 0.250. The summed E-state index contributed by atoms with van der Waals surface area (Å²) < 4.78 is 8.51. The first-order chi connectivity index (χ1) is 13.7. The molecule has 5 rings (SSSR count). The van der Waals surface area contributed by atoms with Crippen molar-refractivity contribution in [1.29, 1.82) is 0 Å². The van der Waals surface area contributed by atoms with Gasteiger partial charge in [-0.15, -0.1) is 5.10 Å². The van der Waals surface area contributed by atoms with Crippen molar-refractivity contribution < 1.29 is 9.21 Å². The van der Waals surface area contributed by atoms with E-state index in [4.69, 9.17) is 4.42 Å². The fourth-order valence-electron chi connectivity index (χ4n) is 3.37. The van der Waals surface area contributed by atoms with Gasteiger partial charge in [0.25, 0.3) is 5.91 Å². The van der Waals surface area contributed by atoms with Crippen LogP contribution in [0.25, 0.3) is 22.5 Å². The molecule has 3 heterocycles.